The molecule has 1 atom stereocenters. The summed E-state index contributed by atoms with van der Waals surface area (Å²) in [5.41, 5.74) is 3.25. The number of para-hydroxylation sites is 1. The number of benzene rings is 2. The number of amides is 1. The molecule has 1 aliphatic heterocycles. The molecule has 1 saturated heterocycles. The summed E-state index contributed by atoms with van der Waals surface area (Å²) in [6.07, 6.45) is 3.62. The van der Waals surface area contributed by atoms with Gasteiger partial charge in [-0.15, -0.1) is 0 Å². The Morgan fingerprint density at radius 1 is 1.09 bits per heavy atom. The SMILES string of the molecule is Cc1c(C(=O)N2CCCC(c3ccc(Cc4c(F)cccc4F)cn3)C2)oc2ccccc12. The average molecular weight is 446 g/mol. The van der Waals surface area contributed by atoms with Gasteiger partial charge < -0.3 is 9.32 Å². The Hall–Kier alpha value is -3.54. The van der Waals surface area contributed by atoms with E-state index in [1.807, 2.05) is 48.2 Å². The Kier molecular flexibility index (Phi) is 5.67. The fourth-order valence-electron chi connectivity index (χ4n) is 4.61. The summed E-state index contributed by atoms with van der Waals surface area (Å²) < 4.78 is 33.8. The van der Waals surface area contributed by atoms with Crippen molar-refractivity contribution >= 4 is 16.9 Å². The summed E-state index contributed by atoms with van der Waals surface area (Å²) in [5, 5.41) is 0.956. The lowest BCUT2D eigenvalue weighted by Crippen LogP contribution is -2.39. The topological polar surface area (TPSA) is 46.3 Å². The van der Waals surface area contributed by atoms with Crippen LogP contribution in [-0.4, -0.2) is 28.9 Å². The van der Waals surface area contributed by atoms with Gasteiger partial charge >= 0.3 is 0 Å². The second kappa shape index (κ2) is 8.77. The lowest BCUT2D eigenvalue weighted by Gasteiger charge is -2.32. The number of carbonyl (C=O) groups excluding carboxylic acids is 1. The van der Waals surface area contributed by atoms with Gasteiger partial charge in [0.2, 0.25) is 0 Å². The molecule has 0 radical (unpaired) electrons. The van der Waals surface area contributed by atoms with Gasteiger partial charge in [-0.1, -0.05) is 30.3 Å². The fourth-order valence-corrected chi connectivity index (χ4v) is 4.61. The number of likely N-dealkylation sites (tertiary alicyclic amines) is 1. The van der Waals surface area contributed by atoms with Gasteiger partial charge in [0, 0.05) is 53.8 Å². The van der Waals surface area contributed by atoms with Gasteiger partial charge in [0.05, 0.1) is 0 Å². The summed E-state index contributed by atoms with van der Waals surface area (Å²) >= 11 is 0. The highest BCUT2D eigenvalue weighted by Gasteiger charge is 2.29. The summed E-state index contributed by atoms with van der Waals surface area (Å²) in [5.74, 6) is -0.707. The lowest BCUT2D eigenvalue weighted by molar-refractivity contribution is 0.0675. The lowest BCUT2D eigenvalue weighted by atomic mass is 9.93. The molecule has 1 aliphatic rings. The second-order valence-electron chi connectivity index (χ2n) is 8.61. The first-order valence-electron chi connectivity index (χ1n) is 11.2. The first-order valence-corrected chi connectivity index (χ1v) is 11.2. The molecule has 0 bridgehead atoms. The number of nitrogens with zero attached hydrogens (tertiary/aromatic N) is 2. The summed E-state index contributed by atoms with van der Waals surface area (Å²) in [6.45, 7) is 3.15. The maximum Gasteiger partial charge on any atom is 0.289 e. The number of fused-ring (bicyclic) bond motifs is 1. The van der Waals surface area contributed by atoms with E-state index in [1.54, 1.807) is 6.20 Å². The average Bonchev–Trinajstić information content (AvgIpc) is 3.18. The molecule has 4 nitrogen and oxygen atoms in total. The molecule has 2 aromatic carbocycles. The number of furan rings is 1. The molecule has 0 saturated carbocycles. The first-order chi connectivity index (χ1) is 16.0. The van der Waals surface area contributed by atoms with Crippen LogP contribution in [0.3, 0.4) is 0 Å². The maximum atomic E-state index is 14.0. The highest BCUT2D eigenvalue weighted by molar-refractivity contribution is 5.99. The minimum absolute atomic E-state index is 0.0442. The van der Waals surface area contributed by atoms with Crippen molar-refractivity contribution in [3.63, 3.8) is 0 Å². The molecule has 1 unspecified atom stereocenters. The number of piperidine rings is 1. The van der Waals surface area contributed by atoms with Gasteiger partial charge in [0.25, 0.3) is 5.91 Å². The third-order valence-corrected chi connectivity index (χ3v) is 6.46. The molecule has 0 spiro atoms. The van der Waals surface area contributed by atoms with Gasteiger partial charge in [0.1, 0.15) is 17.2 Å². The molecule has 1 fully saturated rings. The van der Waals surface area contributed by atoms with Crippen LogP contribution in [0, 0.1) is 18.6 Å². The molecular weight excluding hydrogens is 422 g/mol. The van der Waals surface area contributed by atoms with E-state index in [9.17, 15) is 13.6 Å². The van der Waals surface area contributed by atoms with Gasteiger partial charge in [-0.3, -0.25) is 9.78 Å². The van der Waals surface area contributed by atoms with Crippen LogP contribution in [0.15, 0.2) is 65.2 Å². The molecule has 5 rings (SSSR count). The highest BCUT2D eigenvalue weighted by Crippen LogP contribution is 2.30. The number of pyridine rings is 1. The van der Waals surface area contributed by atoms with Crippen LogP contribution >= 0.6 is 0 Å². The zero-order valence-electron chi connectivity index (χ0n) is 18.4. The van der Waals surface area contributed by atoms with Crippen molar-refractivity contribution < 1.29 is 18.0 Å². The molecule has 1 amide bonds. The van der Waals surface area contributed by atoms with Crippen molar-refractivity contribution in [2.75, 3.05) is 13.1 Å². The Bertz CT molecular complexity index is 1290. The van der Waals surface area contributed by atoms with E-state index in [0.717, 1.165) is 40.6 Å². The molecule has 0 aliphatic carbocycles. The molecule has 2 aromatic heterocycles. The summed E-state index contributed by atoms with van der Waals surface area (Å²) in [4.78, 5) is 19.6. The van der Waals surface area contributed by atoms with Crippen molar-refractivity contribution in [3.05, 3.63) is 101 Å². The van der Waals surface area contributed by atoms with E-state index in [1.165, 1.54) is 18.2 Å². The number of halogens is 2. The van der Waals surface area contributed by atoms with Crippen LogP contribution in [-0.2, 0) is 6.42 Å². The van der Waals surface area contributed by atoms with Crippen molar-refractivity contribution in [1.29, 1.82) is 0 Å². The van der Waals surface area contributed by atoms with E-state index in [0.29, 0.717) is 18.8 Å². The largest absolute Gasteiger partial charge is 0.451 e. The first kappa shape index (κ1) is 21.3. The monoisotopic (exact) mass is 446 g/mol. The van der Waals surface area contributed by atoms with E-state index in [2.05, 4.69) is 4.98 Å². The molecule has 168 valence electrons. The van der Waals surface area contributed by atoms with Gasteiger partial charge in [-0.05, 0) is 49.6 Å². The number of hydrogen-bond donors (Lipinski definition) is 0. The molecule has 3 heterocycles. The standard InChI is InChI=1S/C27H24F2N2O2/c1-17-20-7-2-3-10-25(20)33-26(17)27(32)31-13-5-6-19(16-31)24-12-11-18(15-30-24)14-21-22(28)8-4-9-23(21)29/h2-4,7-12,15,19H,5-6,13-14,16H2,1H3. The zero-order valence-corrected chi connectivity index (χ0v) is 18.4. The second-order valence-corrected chi connectivity index (χ2v) is 8.61. The minimum Gasteiger partial charge on any atom is -0.451 e. The smallest absolute Gasteiger partial charge is 0.289 e. The van der Waals surface area contributed by atoms with Gasteiger partial charge in [0.15, 0.2) is 5.76 Å². The molecular formula is C27H24F2N2O2. The van der Waals surface area contributed by atoms with E-state index >= 15 is 0 Å². The third-order valence-electron chi connectivity index (χ3n) is 6.46. The van der Waals surface area contributed by atoms with Crippen molar-refractivity contribution in [2.45, 2.75) is 32.1 Å². The number of aromatic nitrogens is 1. The molecule has 6 heteroatoms. The Balaban J connectivity index is 1.31. The Morgan fingerprint density at radius 3 is 2.61 bits per heavy atom. The van der Waals surface area contributed by atoms with Crippen LogP contribution in [0.25, 0.3) is 11.0 Å². The summed E-state index contributed by atoms with van der Waals surface area (Å²) in [7, 11) is 0. The maximum absolute atomic E-state index is 14.0. The Morgan fingerprint density at radius 2 is 1.88 bits per heavy atom. The van der Waals surface area contributed by atoms with Crippen LogP contribution in [0.4, 0.5) is 8.78 Å². The van der Waals surface area contributed by atoms with Gasteiger partial charge in [-0.25, -0.2) is 8.78 Å². The van der Waals surface area contributed by atoms with Crippen LogP contribution in [0.5, 0.6) is 0 Å². The molecule has 0 N–H and O–H groups in total. The molecule has 4 aromatic rings. The normalized spacial score (nSPS) is 16.3. The predicted molar refractivity (Wildman–Crippen MR) is 122 cm³/mol. The van der Waals surface area contributed by atoms with Crippen LogP contribution in [0.1, 0.15) is 51.7 Å². The quantitative estimate of drug-likeness (QED) is 0.385. The number of rotatable bonds is 4. The highest BCUT2D eigenvalue weighted by atomic mass is 19.1. The fraction of sp³-hybridized carbons (Fsp3) is 0.259. The van der Waals surface area contributed by atoms with E-state index in [4.69, 9.17) is 4.42 Å². The van der Waals surface area contributed by atoms with Crippen molar-refractivity contribution in [3.8, 4) is 0 Å². The zero-order chi connectivity index (χ0) is 22.9. The van der Waals surface area contributed by atoms with Crippen molar-refractivity contribution in [1.82, 2.24) is 9.88 Å². The number of carbonyl (C=O) groups is 1. The summed E-state index contributed by atoms with van der Waals surface area (Å²) in [6, 6.07) is 15.3. The minimum atomic E-state index is -0.554. The predicted octanol–water partition coefficient (Wildman–Crippen LogP) is 6.03. The van der Waals surface area contributed by atoms with Crippen LogP contribution < -0.4 is 0 Å². The van der Waals surface area contributed by atoms with Gasteiger partial charge in [-0.2, -0.15) is 0 Å². The number of aryl methyl sites for hydroxylation is 1. The van der Waals surface area contributed by atoms with Crippen LogP contribution in [0.2, 0.25) is 0 Å². The Labute approximate surface area is 190 Å². The van der Waals surface area contributed by atoms with Crippen molar-refractivity contribution in [2.24, 2.45) is 0 Å². The molecule has 33 heavy (non-hydrogen) atoms. The van der Waals surface area contributed by atoms with E-state index < -0.39 is 11.6 Å². The van der Waals surface area contributed by atoms with E-state index in [-0.39, 0.29) is 23.8 Å². The number of hydrogen-bond acceptors (Lipinski definition) is 3. The third kappa shape index (κ3) is 4.13.